The van der Waals surface area contributed by atoms with Crippen molar-refractivity contribution in [2.45, 2.75) is 20.4 Å². The molecular formula is C28H25BrN2O5S. The molecule has 3 amide bonds. The molecule has 37 heavy (non-hydrogen) atoms. The van der Waals surface area contributed by atoms with Gasteiger partial charge in [-0.15, -0.1) is 0 Å². The van der Waals surface area contributed by atoms with E-state index >= 15 is 0 Å². The molecule has 7 nitrogen and oxygen atoms in total. The van der Waals surface area contributed by atoms with Gasteiger partial charge in [0.05, 0.1) is 18.1 Å². The van der Waals surface area contributed by atoms with Crippen LogP contribution in [0.5, 0.6) is 11.5 Å². The molecule has 4 rings (SSSR count). The number of rotatable bonds is 9. The number of anilines is 1. The number of carbonyl (C=O) groups is 3. The maximum absolute atomic E-state index is 12.9. The number of thioether (sulfide) groups is 1. The zero-order valence-electron chi connectivity index (χ0n) is 20.3. The second-order valence-corrected chi connectivity index (χ2v) is 10.1. The third kappa shape index (κ3) is 7.02. The zero-order chi connectivity index (χ0) is 26.4. The number of amides is 3. The summed E-state index contributed by atoms with van der Waals surface area (Å²) in [5.41, 5.74) is 3.33. The molecule has 0 aromatic heterocycles. The van der Waals surface area contributed by atoms with Gasteiger partial charge in [0.1, 0.15) is 0 Å². The van der Waals surface area contributed by atoms with Crippen LogP contribution in [0.1, 0.15) is 23.6 Å². The number of hydrogen-bond donors (Lipinski definition) is 1. The fraction of sp³-hybridized carbons (Fsp3) is 0.179. The first-order valence-electron chi connectivity index (χ1n) is 11.6. The van der Waals surface area contributed by atoms with Crippen molar-refractivity contribution in [3.05, 3.63) is 92.8 Å². The van der Waals surface area contributed by atoms with E-state index in [2.05, 4.69) is 21.2 Å². The molecule has 0 aliphatic carbocycles. The van der Waals surface area contributed by atoms with Crippen LogP contribution in [0, 0.1) is 6.92 Å². The Labute approximate surface area is 228 Å². The Balaban J connectivity index is 1.43. The monoisotopic (exact) mass is 580 g/mol. The van der Waals surface area contributed by atoms with Crippen LogP contribution in [-0.2, 0) is 16.1 Å². The van der Waals surface area contributed by atoms with Gasteiger partial charge in [0, 0.05) is 10.2 Å². The number of benzene rings is 3. The smallest absolute Gasteiger partial charge is 0.293 e. The first-order chi connectivity index (χ1) is 17.8. The Morgan fingerprint density at radius 2 is 1.73 bits per heavy atom. The van der Waals surface area contributed by atoms with Gasteiger partial charge >= 0.3 is 0 Å². The molecule has 1 fully saturated rings. The molecule has 1 aliphatic heterocycles. The highest BCUT2D eigenvalue weighted by Crippen LogP contribution is 2.35. The second kappa shape index (κ2) is 12.1. The van der Waals surface area contributed by atoms with Crippen molar-refractivity contribution in [1.29, 1.82) is 0 Å². The Hall–Kier alpha value is -3.56. The standard InChI is InChI=1S/C28H25BrN2O5S/c1-3-35-24-14-20(8-13-23(24)36-17-26(32)30-22-11-4-18(2)5-12-22)15-25-27(33)31(28(34)37-25)16-19-6-9-21(29)10-7-19/h4-15H,3,16-17H2,1-2H3,(H,30,32)/b25-15-. The number of ether oxygens (including phenoxy) is 2. The molecule has 190 valence electrons. The number of carbonyl (C=O) groups excluding carboxylic acids is 3. The second-order valence-electron chi connectivity index (χ2n) is 8.24. The minimum absolute atomic E-state index is 0.192. The van der Waals surface area contributed by atoms with Gasteiger partial charge in [0.25, 0.3) is 17.1 Å². The molecule has 1 N–H and O–H groups in total. The minimum atomic E-state index is -0.344. The summed E-state index contributed by atoms with van der Waals surface area (Å²) in [5, 5.41) is 2.47. The minimum Gasteiger partial charge on any atom is -0.490 e. The van der Waals surface area contributed by atoms with Crippen molar-refractivity contribution in [2.75, 3.05) is 18.5 Å². The van der Waals surface area contributed by atoms with Gasteiger partial charge in [-0.05, 0) is 79.2 Å². The summed E-state index contributed by atoms with van der Waals surface area (Å²) in [7, 11) is 0. The maximum Gasteiger partial charge on any atom is 0.293 e. The van der Waals surface area contributed by atoms with E-state index in [1.165, 1.54) is 4.90 Å². The molecule has 1 aliphatic rings. The van der Waals surface area contributed by atoms with E-state index in [4.69, 9.17) is 9.47 Å². The van der Waals surface area contributed by atoms with E-state index in [9.17, 15) is 14.4 Å². The number of hydrogen-bond acceptors (Lipinski definition) is 6. The van der Waals surface area contributed by atoms with E-state index in [0.29, 0.717) is 34.3 Å². The molecule has 0 spiro atoms. The van der Waals surface area contributed by atoms with Gasteiger partial charge < -0.3 is 14.8 Å². The normalized spacial score (nSPS) is 14.2. The van der Waals surface area contributed by atoms with Gasteiger partial charge in [0.15, 0.2) is 18.1 Å². The van der Waals surface area contributed by atoms with E-state index in [1.54, 1.807) is 24.3 Å². The van der Waals surface area contributed by atoms with E-state index in [1.807, 2.05) is 62.4 Å². The topological polar surface area (TPSA) is 84.9 Å². The summed E-state index contributed by atoms with van der Waals surface area (Å²) in [5.74, 6) is 0.202. The number of nitrogens with one attached hydrogen (secondary N) is 1. The van der Waals surface area contributed by atoms with Crippen molar-refractivity contribution in [1.82, 2.24) is 4.90 Å². The lowest BCUT2D eigenvalue weighted by atomic mass is 10.1. The third-order valence-electron chi connectivity index (χ3n) is 5.39. The van der Waals surface area contributed by atoms with Crippen LogP contribution in [0.2, 0.25) is 0 Å². The molecule has 9 heteroatoms. The van der Waals surface area contributed by atoms with Crippen LogP contribution in [0.15, 0.2) is 76.1 Å². The van der Waals surface area contributed by atoms with Crippen molar-refractivity contribution in [3.63, 3.8) is 0 Å². The van der Waals surface area contributed by atoms with Crippen LogP contribution in [0.4, 0.5) is 10.5 Å². The van der Waals surface area contributed by atoms with Gasteiger partial charge in [-0.1, -0.05) is 51.8 Å². The average Bonchev–Trinajstić information content (AvgIpc) is 3.13. The lowest BCUT2D eigenvalue weighted by Crippen LogP contribution is -2.27. The highest BCUT2D eigenvalue weighted by molar-refractivity contribution is 9.10. The summed E-state index contributed by atoms with van der Waals surface area (Å²) < 4.78 is 12.3. The lowest BCUT2D eigenvalue weighted by molar-refractivity contribution is -0.123. The summed E-state index contributed by atoms with van der Waals surface area (Å²) in [4.78, 5) is 39.3. The van der Waals surface area contributed by atoms with Crippen LogP contribution in [0.25, 0.3) is 6.08 Å². The fourth-order valence-electron chi connectivity index (χ4n) is 3.54. The number of nitrogens with zero attached hydrogens (tertiary/aromatic N) is 1. The lowest BCUT2D eigenvalue weighted by Gasteiger charge is -2.13. The van der Waals surface area contributed by atoms with E-state index < -0.39 is 0 Å². The zero-order valence-corrected chi connectivity index (χ0v) is 22.7. The Kier molecular flexibility index (Phi) is 8.68. The van der Waals surface area contributed by atoms with Crippen LogP contribution in [-0.4, -0.2) is 35.2 Å². The molecule has 0 saturated carbocycles. The van der Waals surface area contributed by atoms with E-state index in [-0.39, 0.29) is 30.2 Å². The maximum atomic E-state index is 12.9. The quantitative estimate of drug-likeness (QED) is 0.294. The Bertz CT molecular complexity index is 1340. The Morgan fingerprint density at radius 1 is 1.00 bits per heavy atom. The highest BCUT2D eigenvalue weighted by atomic mass is 79.9. The molecule has 0 bridgehead atoms. The van der Waals surface area contributed by atoms with Crippen LogP contribution < -0.4 is 14.8 Å². The van der Waals surface area contributed by atoms with Crippen molar-refractivity contribution < 1.29 is 23.9 Å². The van der Waals surface area contributed by atoms with Crippen LogP contribution in [0.3, 0.4) is 0 Å². The molecule has 0 atom stereocenters. The largest absolute Gasteiger partial charge is 0.490 e. The average molecular weight is 581 g/mol. The number of imide groups is 1. The highest BCUT2D eigenvalue weighted by Gasteiger charge is 2.35. The first kappa shape index (κ1) is 26.5. The summed E-state index contributed by atoms with van der Waals surface area (Å²) in [6.07, 6.45) is 1.66. The molecule has 1 heterocycles. The number of halogens is 1. The first-order valence-corrected chi connectivity index (χ1v) is 13.2. The predicted molar refractivity (Wildman–Crippen MR) is 149 cm³/mol. The van der Waals surface area contributed by atoms with Gasteiger partial charge in [0.2, 0.25) is 0 Å². The predicted octanol–water partition coefficient (Wildman–Crippen LogP) is 6.41. The summed E-state index contributed by atoms with van der Waals surface area (Å²) in [6, 6.07) is 20.1. The van der Waals surface area contributed by atoms with Gasteiger partial charge in [-0.3, -0.25) is 19.3 Å². The summed E-state index contributed by atoms with van der Waals surface area (Å²) >= 11 is 4.29. The molecule has 0 radical (unpaired) electrons. The SMILES string of the molecule is CCOc1cc(/C=C2\SC(=O)N(Cc3ccc(Br)cc3)C2=O)ccc1OCC(=O)Nc1ccc(C)cc1. The third-order valence-corrected chi connectivity index (χ3v) is 6.82. The molecule has 3 aromatic rings. The Morgan fingerprint density at radius 3 is 2.43 bits per heavy atom. The van der Waals surface area contributed by atoms with Crippen LogP contribution >= 0.6 is 27.7 Å². The van der Waals surface area contributed by atoms with Crippen molar-refractivity contribution in [2.24, 2.45) is 0 Å². The van der Waals surface area contributed by atoms with Crippen molar-refractivity contribution >= 4 is 56.5 Å². The van der Waals surface area contributed by atoms with Gasteiger partial charge in [-0.2, -0.15) is 0 Å². The van der Waals surface area contributed by atoms with Gasteiger partial charge in [-0.25, -0.2) is 0 Å². The van der Waals surface area contributed by atoms with E-state index in [0.717, 1.165) is 27.4 Å². The molecular weight excluding hydrogens is 556 g/mol. The fourth-order valence-corrected chi connectivity index (χ4v) is 4.64. The number of aryl methyl sites for hydroxylation is 1. The summed E-state index contributed by atoms with van der Waals surface area (Å²) in [6.45, 7) is 4.22. The molecule has 1 saturated heterocycles. The van der Waals surface area contributed by atoms with Crippen molar-refractivity contribution in [3.8, 4) is 11.5 Å². The molecule has 0 unspecified atom stereocenters. The molecule has 3 aromatic carbocycles.